The van der Waals surface area contributed by atoms with Crippen LogP contribution in [0.1, 0.15) is 4.88 Å². The van der Waals surface area contributed by atoms with E-state index in [0.717, 1.165) is 44.6 Å². The molecule has 0 unspecified atom stereocenters. The Kier molecular flexibility index (Phi) is 4.13. The van der Waals surface area contributed by atoms with E-state index in [0.29, 0.717) is 0 Å². The number of hydrogen-bond donors (Lipinski definition) is 0. The molecule has 0 saturated carbocycles. The van der Waals surface area contributed by atoms with Crippen molar-refractivity contribution in [2.24, 2.45) is 0 Å². The highest BCUT2D eigenvalue weighted by Gasteiger charge is 2.15. The van der Waals surface area contributed by atoms with Gasteiger partial charge in [-0.1, -0.05) is 6.07 Å². The van der Waals surface area contributed by atoms with Crippen molar-refractivity contribution in [1.82, 2.24) is 9.97 Å². The predicted molar refractivity (Wildman–Crippen MR) is 81.5 cm³/mol. The van der Waals surface area contributed by atoms with Crippen molar-refractivity contribution in [3.05, 3.63) is 34.7 Å². The fourth-order valence-corrected chi connectivity index (χ4v) is 2.94. The molecule has 0 bridgehead atoms. The van der Waals surface area contributed by atoms with E-state index in [9.17, 15) is 0 Å². The Balaban J connectivity index is 1.72. The highest BCUT2D eigenvalue weighted by molar-refractivity contribution is 7.09. The van der Waals surface area contributed by atoms with Crippen LogP contribution < -0.4 is 9.80 Å². The number of aromatic nitrogens is 2. The van der Waals surface area contributed by atoms with Crippen molar-refractivity contribution in [3.8, 4) is 0 Å². The lowest BCUT2D eigenvalue weighted by atomic mass is 10.4. The van der Waals surface area contributed by atoms with Gasteiger partial charge in [-0.25, -0.2) is 4.98 Å². The molecule has 6 heteroatoms. The fourth-order valence-electron chi connectivity index (χ4n) is 2.18. The lowest BCUT2D eigenvalue weighted by Gasteiger charge is -2.27. The molecular weight excluding hydrogens is 272 g/mol. The maximum Gasteiger partial charge on any atom is 0.227 e. The standard InChI is InChI=1S/C14H18N4OS/c1-17(11-12-3-2-10-20-12)13-4-5-15-14(16-13)18-6-8-19-9-7-18/h2-5,10H,6-9,11H2,1H3. The number of hydrogen-bond acceptors (Lipinski definition) is 6. The van der Waals surface area contributed by atoms with Crippen LogP contribution in [-0.4, -0.2) is 43.3 Å². The lowest BCUT2D eigenvalue weighted by Crippen LogP contribution is -2.37. The van der Waals surface area contributed by atoms with Gasteiger partial charge in [0.2, 0.25) is 5.95 Å². The first kappa shape index (κ1) is 13.3. The van der Waals surface area contributed by atoms with Gasteiger partial charge in [-0.15, -0.1) is 11.3 Å². The fraction of sp³-hybridized carbons (Fsp3) is 0.429. The molecule has 1 aliphatic rings. The molecule has 1 aliphatic heterocycles. The quantitative estimate of drug-likeness (QED) is 0.861. The molecule has 0 amide bonds. The smallest absolute Gasteiger partial charge is 0.227 e. The van der Waals surface area contributed by atoms with Gasteiger partial charge in [0.05, 0.1) is 19.8 Å². The zero-order chi connectivity index (χ0) is 13.8. The van der Waals surface area contributed by atoms with E-state index in [1.807, 2.05) is 12.3 Å². The Morgan fingerprint density at radius 2 is 2.20 bits per heavy atom. The minimum Gasteiger partial charge on any atom is -0.378 e. The monoisotopic (exact) mass is 290 g/mol. The second-order valence-electron chi connectivity index (χ2n) is 4.75. The molecule has 0 atom stereocenters. The van der Waals surface area contributed by atoms with Crippen molar-refractivity contribution in [2.45, 2.75) is 6.54 Å². The van der Waals surface area contributed by atoms with Crippen molar-refractivity contribution >= 4 is 23.1 Å². The molecule has 0 spiro atoms. The van der Waals surface area contributed by atoms with E-state index in [4.69, 9.17) is 4.74 Å². The molecule has 2 aromatic rings. The molecule has 106 valence electrons. The van der Waals surface area contributed by atoms with Gasteiger partial charge in [0, 0.05) is 31.2 Å². The Labute approximate surface area is 122 Å². The number of ether oxygens (including phenoxy) is 1. The summed E-state index contributed by atoms with van der Waals surface area (Å²) < 4.78 is 5.36. The summed E-state index contributed by atoms with van der Waals surface area (Å²) in [4.78, 5) is 14.7. The third kappa shape index (κ3) is 3.08. The predicted octanol–water partition coefficient (Wildman–Crippen LogP) is 2.01. The molecular formula is C14H18N4OS. The second-order valence-corrected chi connectivity index (χ2v) is 5.78. The first-order chi connectivity index (χ1) is 9.83. The second kappa shape index (κ2) is 6.19. The SMILES string of the molecule is CN(Cc1cccs1)c1ccnc(N2CCOCC2)n1. The minimum absolute atomic E-state index is 0.749. The first-order valence-electron chi connectivity index (χ1n) is 6.72. The summed E-state index contributed by atoms with van der Waals surface area (Å²) in [6, 6.07) is 6.18. The molecule has 5 nitrogen and oxygen atoms in total. The first-order valence-corrected chi connectivity index (χ1v) is 7.60. The molecule has 2 aromatic heterocycles. The topological polar surface area (TPSA) is 41.5 Å². The summed E-state index contributed by atoms with van der Waals surface area (Å²) in [5.74, 6) is 1.75. The van der Waals surface area contributed by atoms with Gasteiger partial charge in [-0.05, 0) is 17.5 Å². The van der Waals surface area contributed by atoms with Crippen LogP contribution in [0.15, 0.2) is 29.8 Å². The zero-order valence-electron chi connectivity index (χ0n) is 11.5. The van der Waals surface area contributed by atoms with Crippen molar-refractivity contribution < 1.29 is 4.74 Å². The van der Waals surface area contributed by atoms with Crippen LogP contribution >= 0.6 is 11.3 Å². The normalized spacial score (nSPS) is 15.3. The summed E-state index contributed by atoms with van der Waals surface area (Å²) >= 11 is 1.77. The van der Waals surface area contributed by atoms with Crippen molar-refractivity contribution in [2.75, 3.05) is 43.2 Å². The number of anilines is 2. The Morgan fingerprint density at radius 1 is 1.35 bits per heavy atom. The van der Waals surface area contributed by atoms with Gasteiger partial charge in [0.1, 0.15) is 5.82 Å². The molecule has 0 aromatic carbocycles. The van der Waals surface area contributed by atoms with Crippen LogP contribution in [0.4, 0.5) is 11.8 Å². The summed E-state index contributed by atoms with van der Waals surface area (Å²) in [5.41, 5.74) is 0. The maximum atomic E-state index is 5.36. The van der Waals surface area contributed by atoms with Gasteiger partial charge in [-0.2, -0.15) is 4.98 Å². The van der Waals surface area contributed by atoms with Gasteiger partial charge < -0.3 is 14.5 Å². The summed E-state index contributed by atoms with van der Waals surface area (Å²) in [6.07, 6.45) is 1.83. The van der Waals surface area contributed by atoms with Crippen LogP contribution in [0.5, 0.6) is 0 Å². The molecule has 1 fully saturated rings. The number of thiophene rings is 1. The Hall–Kier alpha value is -1.66. The molecule has 3 heterocycles. The third-order valence-corrected chi connectivity index (χ3v) is 4.15. The maximum absolute atomic E-state index is 5.36. The van der Waals surface area contributed by atoms with Crippen molar-refractivity contribution in [3.63, 3.8) is 0 Å². The highest BCUT2D eigenvalue weighted by atomic mass is 32.1. The number of rotatable bonds is 4. The van der Waals surface area contributed by atoms with Gasteiger partial charge in [0.25, 0.3) is 0 Å². The molecule has 20 heavy (non-hydrogen) atoms. The van der Waals surface area contributed by atoms with E-state index in [1.165, 1.54) is 4.88 Å². The van der Waals surface area contributed by atoms with Gasteiger partial charge >= 0.3 is 0 Å². The molecule has 0 N–H and O–H groups in total. The Morgan fingerprint density at radius 3 is 2.95 bits per heavy atom. The zero-order valence-corrected chi connectivity index (χ0v) is 12.3. The number of morpholine rings is 1. The summed E-state index contributed by atoms with van der Waals surface area (Å²) in [7, 11) is 2.06. The highest BCUT2D eigenvalue weighted by Crippen LogP contribution is 2.18. The molecule has 0 radical (unpaired) electrons. The number of nitrogens with zero attached hydrogens (tertiary/aromatic N) is 4. The summed E-state index contributed by atoms with van der Waals surface area (Å²) in [6.45, 7) is 4.09. The van der Waals surface area contributed by atoms with Crippen LogP contribution in [0, 0.1) is 0 Å². The molecule has 3 rings (SSSR count). The third-order valence-electron chi connectivity index (χ3n) is 3.29. The van der Waals surface area contributed by atoms with Crippen LogP contribution in [-0.2, 0) is 11.3 Å². The van der Waals surface area contributed by atoms with Crippen LogP contribution in [0.3, 0.4) is 0 Å². The minimum atomic E-state index is 0.749. The summed E-state index contributed by atoms with van der Waals surface area (Å²) in [5, 5.41) is 2.10. The van der Waals surface area contributed by atoms with E-state index >= 15 is 0 Å². The van der Waals surface area contributed by atoms with Crippen LogP contribution in [0.25, 0.3) is 0 Å². The van der Waals surface area contributed by atoms with Crippen LogP contribution in [0.2, 0.25) is 0 Å². The Bertz CT molecular complexity index is 540. The average molecular weight is 290 g/mol. The van der Waals surface area contributed by atoms with Gasteiger partial charge in [0.15, 0.2) is 0 Å². The molecule has 1 saturated heterocycles. The lowest BCUT2D eigenvalue weighted by molar-refractivity contribution is 0.122. The molecule has 0 aliphatic carbocycles. The van der Waals surface area contributed by atoms with E-state index in [2.05, 4.69) is 44.3 Å². The van der Waals surface area contributed by atoms with E-state index in [-0.39, 0.29) is 0 Å². The van der Waals surface area contributed by atoms with Crippen molar-refractivity contribution in [1.29, 1.82) is 0 Å². The van der Waals surface area contributed by atoms with E-state index < -0.39 is 0 Å². The average Bonchev–Trinajstić information content (AvgIpc) is 3.01. The largest absolute Gasteiger partial charge is 0.378 e. The van der Waals surface area contributed by atoms with Gasteiger partial charge in [-0.3, -0.25) is 0 Å². The van der Waals surface area contributed by atoms with E-state index in [1.54, 1.807) is 11.3 Å².